The number of benzene rings is 1. The second-order valence-electron chi connectivity index (χ2n) is 4.90. The van der Waals surface area contributed by atoms with E-state index in [4.69, 9.17) is 4.74 Å². The lowest BCUT2D eigenvalue weighted by atomic mass is 9.99. The van der Waals surface area contributed by atoms with Crippen LogP contribution in [0.5, 0.6) is 0 Å². The maximum Gasteiger partial charge on any atom is 0.123 e. The van der Waals surface area contributed by atoms with Crippen LogP contribution >= 0.6 is 15.9 Å². The van der Waals surface area contributed by atoms with Gasteiger partial charge >= 0.3 is 0 Å². The van der Waals surface area contributed by atoms with E-state index in [-0.39, 0.29) is 18.0 Å². The SMILES string of the molecule is CNC(Cc1cc(F)ccc1Br)C1CCC(C)O1. The quantitative estimate of drug-likeness (QED) is 0.920. The standard InChI is InChI=1S/C14H19BrFNO/c1-9-3-6-14(18-9)13(17-2)8-10-7-11(16)4-5-12(10)15/h4-5,7,9,13-14,17H,3,6,8H2,1-2H3. The van der Waals surface area contributed by atoms with Gasteiger partial charge in [0.05, 0.1) is 12.2 Å². The summed E-state index contributed by atoms with van der Waals surface area (Å²) in [7, 11) is 1.93. The van der Waals surface area contributed by atoms with Crippen LogP contribution in [0.4, 0.5) is 4.39 Å². The van der Waals surface area contributed by atoms with E-state index in [1.807, 2.05) is 7.05 Å². The highest BCUT2D eigenvalue weighted by Crippen LogP contribution is 2.26. The lowest BCUT2D eigenvalue weighted by molar-refractivity contribution is 0.0337. The normalized spacial score (nSPS) is 25.3. The third kappa shape index (κ3) is 3.31. The largest absolute Gasteiger partial charge is 0.374 e. The van der Waals surface area contributed by atoms with Crippen LogP contribution in [0.25, 0.3) is 0 Å². The summed E-state index contributed by atoms with van der Waals surface area (Å²) in [6.07, 6.45) is 3.50. The Kier molecular flexibility index (Phi) is 4.76. The molecule has 1 aromatic carbocycles. The van der Waals surface area contributed by atoms with Crippen molar-refractivity contribution in [2.24, 2.45) is 0 Å². The first-order valence-electron chi connectivity index (χ1n) is 6.37. The summed E-state index contributed by atoms with van der Waals surface area (Å²) in [5.41, 5.74) is 0.984. The van der Waals surface area contributed by atoms with Crippen molar-refractivity contribution in [2.75, 3.05) is 7.05 Å². The predicted molar refractivity (Wildman–Crippen MR) is 74.2 cm³/mol. The molecule has 0 aromatic heterocycles. The predicted octanol–water partition coefficient (Wildman–Crippen LogP) is 3.29. The molecule has 1 heterocycles. The molecule has 0 saturated carbocycles. The van der Waals surface area contributed by atoms with Crippen LogP contribution in [0.2, 0.25) is 0 Å². The molecule has 0 amide bonds. The van der Waals surface area contributed by atoms with E-state index < -0.39 is 0 Å². The fourth-order valence-corrected chi connectivity index (χ4v) is 2.89. The van der Waals surface area contributed by atoms with Gasteiger partial charge in [-0.2, -0.15) is 0 Å². The van der Waals surface area contributed by atoms with Gasteiger partial charge in [-0.3, -0.25) is 0 Å². The van der Waals surface area contributed by atoms with Gasteiger partial charge in [0.1, 0.15) is 5.82 Å². The van der Waals surface area contributed by atoms with Gasteiger partial charge in [0, 0.05) is 10.5 Å². The summed E-state index contributed by atoms with van der Waals surface area (Å²) in [4.78, 5) is 0. The molecule has 1 N–H and O–H groups in total. The average molecular weight is 316 g/mol. The molecule has 3 unspecified atom stereocenters. The average Bonchev–Trinajstić information content (AvgIpc) is 2.77. The lowest BCUT2D eigenvalue weighted by Crippen LogP contribution is -2.39. The summed E-state index contributed by atoms with van der Waals surface area (Å²) < 4.78 is 20.1. The summed E-state index contributed by atoms with van der Waals surface area (Å²) in [5.74, 6) is -0.191. The van der Waals surface area contributed by atoms with Crippen molar-refractivity contribution in [2.45, 2.75) is 44.4 Å². The molecule has 0 aliphatic carbocycles. The molecule has 2 rings (SSSR count). The third-order valence-electron chi connectivity index (χ3n) is 3.53. The van der Waals surface area contributed by atoms with Gasteiger partial charge in [-0.15, -0.1) is 0 Å². The molecular weight excluding hydrogens is 297 g/mol. The first-order chi connectivity index (χ1) is 8.60. The highest BCUT2D eigenvalue weighted by Gasteiger charge is 2.29. The zero-order valence-corrected chi connectivity index (χ0v) is 12.3. The van der Waals surface area contributed by atoms with E-state index in [2.05, 4.69) is 28.2 Å². The molecule has 0 bridgehead atoms. The maximum absolute atomic E-state index is 13.3. The van der Waals surface area contributed by atoms with E-state index in [0.717, 1.165) is 29.3 Å². The zero-order chi connectivity index (χ0) is 13.1. The molecule has 100 valence electrons. The van der Waals surface area contributed by atoms with Crippen LogP contribution in [-0.2, 0) is 11.2 Å². The van der Waals surface area contributed by atoms with Crippen LogP contribution in [0.3, 0.4) is 0 Å². The van der Waals surface area contributed by atoms with Gasteiger partial charge in [0.15, 0.2) is 0 Å². The van der Waals surface area contributed by atoms with E-state index in [9.17, 15) is 4.39 Å². The van der Waals surface area contributed by atoms with Crippen molar-refractivity contribution in [3.63, 3.8) is 0 Å². The van der Waals surface area contributed by atoms with Gasteiger partial charge < -0.3 is 10.1 Å². The highest BCUT2D eigenvalue weighted by molar-refractivity contribution is 9.10. The fraction of sp³-hybridized carbons (Fsp3) is 0.571. The van der Waals surface area contributed by atoms with Crippen LogP contribution in [0, 0.1) is 5.82 Å². The maximum atomic E-state index is 13.3. The topological polar surface area (TPSA) is 21.3 Å². The smallest absolute Gasteiger partial charge is 0.123 e. The van der Waals surface area contributed by atoms with Crippen LogP contribution < -0.4 is 5.32 Å². The Bertz CT molecular complexity index is 413. The van der Waals surface area contributed by atoms with Gasteiger partial charge in [-0.1, -0.05) is 15.9 Å². The highest BCUT2D eigenvalue weighted by atomic mass is 79.9. The molecular formula is C14H19BrFNO. The summed E-state index contributed by atoms with van der Waals surface area (Å²) >= 11 is 3.47. The monoisotopic (exact) mass is 315 g/mol. The molecule has 3 atom stereocenters. The molecule has 0 spiro atoms. The van der Waals surface area contributed by atoms with Crippen molar-refractivity contribution in [1.82, 2.24) is 5.32 Å². The van der Waals surface area contributed by atoms with Gasteiger partial charge in [0.2, 0.25) is 0 Å². The lowest BCUT2D eigenvalue weighted by Gasteiger charge is -2.23. The number of hydrogen-bond acceptors (Lipinski definition) is 2. The first-order valence-corrected chi connectivity index (χ1v) is 7.16. The molecule has 1 aromatic rings. The Labute approximate surface area is 116 Å². The van der Waals surface area contributed by atoms with Crippen LogP contribution in [0.15, 0.2) is 22.7 Å². The Balaban J connectivity index is 2.08. The fourth-order valence-electron chi connectivity index (χ4n) is 2.49. The van der Waals surface area contributed by atoms with Crippen molar-refractivity contribution in [3.05, 3.63) is 34.1 Å². The molecule has 1 aliphatic heterocycles. The van der Waals surface area contributed by atoms with Crippen molar-refractivity contribution < 1.29 is 9.13 Å². The number of hydrogen-bond donors (Lipinski definition) is 1. The molecule has 0 radical (unpaired) electrons. The number of nitrogens with one attached hydrogen (secondary N) is 1. The Hall–Kier alpha value is -0.450. The molecule has 1 aliphatic rings. The molecule has 4 heteroatoms. The van der Waals surface area contributed by atoms with E-state index >= 15 is 0 Å². The Morgan fingerprint density at radius 3 is 2.89 bits per heavy atom. The van der Waals surface area contributed by atoms with E-state index in [1.165, 1.54) is 6.07 Å². The molecule has 1 fully saturated rings. The van der Waals surface area contributed by atoms with Gasteiger partial charge in [0.25, 0.3) is 0 Å². The molecule has 18 heavy (non-hydrogen) atoms. The minimum Gasteiger partial charge on any atom is -0.374 e. The van der Waals surface area contributed by atoms with Crippen molar-refractivity contribution in [3.8, 4) is 0 Å². The van der Waals surface area contributed by atoms with Gasteiger partial charge in [-0.05, 0) is 57.0 Å². The van der Waals surface area contributed by atoms with E-state index in [0.29, 0.717) is 6.10 Å². The zero-order valence-electron chi connectivity index (χ0n) is 10.7. The number of halogens is 2. The first kappa shape index (κ1) is 14.0. The number of ether oxygens (including phenoxy) is 1. The van der Waals surface area contributed by atoms with E-state index in [1.54, 1.807) is 12.1 Å². The minimum atomic E-state index is -0.191. The second-order valence-corrected chi connectivity index (χ2v) is 5.75. The third-order valence-corrected chi connectivity index (χ3v) is 4.31. The minimum absolute atomic E-state index is 0.191. The second kappa shape index (κ2) is 6.13. The summed E-state index contributed by atoms with van der Waals surface area (Å²) in [6.45, 7) is 2.10. The Morgan fingerprint density at radius 2 is 2.28 bits per heavy atom. The van der Waals surface area contributed by atoms with Crippen molar-refractivity contribution in [1.29, 1.82) is 0 Å². The van der Waals surface area contributed by atoms with Crippen molar-refractivity contribution >= 4 is 15.9 Å². The van der Waals surface area contributed by atoms with Crippen LogP contribution in [0.1, 0.15) is 25.3 Å². The molecule has 2 nitrogen and oxygen atoms in total. The summed E-state index contributed by atoms with van der Waals surface area (Å²) in [5, 5.41) is 3.29. The Morgan fingerprint density at radius 1 is 1.50 bits per heavy atom. The number of likely N-dealkylation sites (N-methyl/N-ethyl adjacent to an activating group) is 1. The van der Waals surface area contributed by atoms with Gasteiger partial charge in [-0.25, -0.2) is 4.39 Å². The summed E-state index contributed by atoms with van der Waals surface area (Å²) in [6, 6.07) is 5.05. The molecule has 1 saturated heterocycles. The number of rotatable bonds is 4. The van der Waals surface area contributed by atoms with Crippen LogP contribution in [-0.4, -0.2) is 25.3 Å².